The van der Waals surface area contributed by atoms with Crippen LogP contribution < -0.4 is 10.6 Å². The van der Waals surface area contributed by atoms with Gasteiger partial charge < -0.3 is 20.2 Å². The maximum atomic E-state index is 12.9. The van der Waals surface area contributed by atoms with Gasteiger partial charge in [-0.1, -0.05) is 54.1 Å². The van der Waals surface area contributed by atoms with Crippen molar-refractivity contribution >= 4 is 28.8 Å². The molecule has 1 fully saturated rings. The zero-order valence-corrected chi connectivity index (χ0v) is 21.9. The van der Waals surface area contributed by atoms with Gasteiger partial charge >= 0.3 is 6.09 Å². The Morgan fingerprint density at radius 3 is 2.58 bits per heavy atom. The summed E-state index contributed by atoms with van der Waals surface area (Å²) < 4.78 is 5.89. The van der Waals surface area contributed by atoms with Crippen LogP contribution >= 0.6 is 0 Å². The molecule has 0 saturated carbocycles. The minimum absolute atomic E-state index is 0.187. The first kappa shape index (κ1) is 25.3. The first-order chi connectivity index (χ1) is 19.5. The predicted octanol–water partition coefficient (Wildman–Crippen LogP) is 6.35. The van der Waals surface area contributed by atoms with E-state index in [1.807, 2.05) is 79.7 Å². The third-order valence-electron chi connectivity index (χ3n) is 7.27. The van der Waals surface area contributed by atoms with Gasteiger partial charge in [0, 0.05) is 48.2 Å². The number of hydrogen-bond acceptors (Lipinski definition) is 5. The maximum Gasteiger partial charge on any atom is 0.407 e. The standard InChI is InChI=1S/C32H28N4O4/c1-20-5-11-26(12-6-20)35-31(37)24-4-2-3-23(15-24)27-19-40-29-16-25(17-34-30(27)29)21-7-9-22(10-8-21)28-18-33-13-14-36(28)32(38)39/h2-12,15-17,19,28,33H,13-14,18H2,1H3,(H,35,37)(H,38,39). The highest BCUT2D eigenvalue weighted by atomic mass is 16.4. The summed E-state index contributed by atoms with van der Waals surface area (Å²) in [6.45, 7) is 3.71. The minimum Gasteiger partial charge on any atom is -0.465 e. The van der Waals surface area contributed by atoms with Crippen LogP contribution in [0.1, 0.15) is 27.5 Å². The summed E-state index contributed by atoms with van der Waals surface area (Å²) in [5.74, 6) is -0.187. The molecule has 0 radical (unpaired) electrons. The Kier molecular flexibility index (Phi) is 6.76. The molecule has 3 N–H and O–H groups in total. The van der Waals surface area contributed by atoms with Gasteiger partial charge in [0.2, 0.25) is 0 Å². The van der Waals surface area contributed by atoms with Crippen LogP contribution in [0.25, 0.3) is 33.4 Å². The minimum atomic E-state index is -0.906. The zero-order valence-electron chi connectivity index (χ0n) is 21.9. The summed E-state index contributed by atoms with van der Waals surface area (Å²) in [6.07, 6.45) is 2.56. The Bertz CT molecular complexity index is 1690. The van der Waals surface area contributed by atoms with Crippen molar-refractivity contribution in [2.45, 2.75) is 13.0 Å². The van der Waals surface area contributed by atoms with Crippen LogP contribution in [0.3, 0.4) is 0 Å². The number of nitrogens with one attached hydrogen (secondary N) is 2. The topological polar surface area (TPSA) is 108 Å². The summed E-state index contributed by atoms with van der Waals surface area (Å²) in [6, 6.07) is 24.7. The number of aromatic nitrogens is 1. The largest absolute Gasteiger partial charge is 0.465 e. The van der Waals surface area contributed by atoms with Gasteiger partial charge in [-0.05, 0) is 53.9 Å². The normalized spacial score (nSPS) is 15.2. The fraction of sp³-hybridized carbons (Fsp3) is 0.156. The quantitative estimate of drug-likeness (QED) is 0.244. The number of pyridine rings is 1. The second-order valence-electron chi connectivity index (χ2n) is 9.94. The number of rotatable bonds is 5. The number of aryl methyl sites for hydroxylation is 1. The average molecular weight is 533 g/mol. The molecule has 3 heterocycles. The zero-order chi connectivity index (χ0) is 27.6. The van der Waals surface area contributed by atoms with E-state index < -0.39 is 6.09 Å². The Labute approximate surface area is 231 Å². The molecule has 8 nitrogen and oxygen atoms in total. The molecular formula is C32H28N4O4. The number of carbonyl (C=O) groups is 2. The van der Waals surface area contributed by atoms with E-state index in [-0.39, 0.29) is 11.9 Å². The Balaban J connectivity index is 1.23. The molecule has 0 bridgehead atoms. The fourth-order valence-corrected chi connectivity index (χ4v) is 5.07. The molecule has 6 rings (SSSR count). The maximum absolute atomic E-state index is 12.9. The SMILES string of the molecule is Cc1ccc(NC(=O)c2cccc(-c3coc4cc(-c5ccc(C6CNCCN6C(=O)O)cc5)cnc34)c2)cc1. The van der Waals surface area contributed by atoms with Gasteiger partial charge in [-0.2, -0.15) is 0 Å². The van der Waals surface area contributed by atoms with Gasteiger partial charge in [-0.25, -0.2) is 4.79 Å². The molecule has 1 saturated heterocycles. The molecule has 200 valence electrons. The summed E-state index contributed by atoms with van der Waals surface area (Å²) in [4.78, 5) is 30.7. The van der Waals surface area contributed by atoms with Crippen molar-refractivity contribution in [2.75, 3.05) is 25.0 Å². The van der Waals surface area contributed by atoms with E-state index in [2.05, 4.69) is 10.6 Å². The van der Waals surface area contributed by atoms with Crippen LogP contribution in [0.15, 0.2) is 95.7 Å². The number of fused-ring (bicyclic) bond motifs is 1. The van der Waals surface area contributed by atoms with E-state index in [9.17, 15) is 14.7 Å². The summed E-state index contributed by atoms with van der Waals surface area (Å²) >= 11 is 0. The second kappa shape index (κ2) is 10.7. The number of benzene rings is 3. The van der Waals surface area contributed by atoms with Crippen molar-refractivity contribution in [3.63, 3.8) is 0 Å². The number of piperazine rings is 1. The summed E-state index contributed by atoms with van der Waals surface area (Å²) in [7, 11) is 0. The van der Waals surface area contributed by atoms with Crippen LogP contribution in [-0.4, -0.2) is 46.6 Å². The molecule has 2 aromatic heterocycles. The molecule has 1 aliphatic heterocycles. The highest BCUT2D eigenvalue weighted by Crippen LogP contribution is 2.33. The van der Waals surface area contributed by atoms with Crippen molar-refractivity contribution in [3.05, 3.63) is 108 Å². The van der Waals surface area contributed by atoms with E-state index in [1.54, 1.807) is 18.5 Å². The van der Waals surface area contributed by atoms with E-state index in [0.717, 1.165) is 39.1 Å². The number of nitrogens with zero attached hydrogens (tertiary/aromatic N) is 2. The van der Waals surface area contributed by atoms with Crippen molar-refractivity contribution in [3.8, 4) is 22.3 Å². The van der Waals surface area contributed by atoms with Gasteiger partial charge in [-0.3, -0.25) is 14.7 Å². The smallest absolute Gasteiger partial charge is 0.407 e. The molecule has 0 aliphatic carbocycles. The van der Waals surface area contributed by atoms with Crippen LogP contribution in [0.4, 0.5) is 10.5 Å². The van der Waals surface area contributed by atoms with Crippen molar-refractivity contribution in [2.24, 2.45) is 0 Å². The molecule has 3 aromatic carbocycles. The molecule has 1 unspecified atom stereocenters. The van der Waals surface area contributed by atoms with E-state index in [4.69, 9.17) is 9.40 Å². The average Bonchev–Trinajstić information content (AvgIpc) is 3.42. The summed E-state index contributed by atoms with van der Waals surface area (Å²) in [5, 5.41) is 15.8. The lowest BCUT2D eigenvalue weighted by atomic mass is 9.99. The number of furan rings is 1. The number of hydrogen-bond donors (Lipinski definition) is 3. The lowest BCUT2D eigenvalue weighted by Crippen LogP contribution is -2.48. The monoisotopic (exact) mass is 532 g/mol. The number of carboxylic acid groups (broad SMARTS) is 1. The van der Waals surface area contributed by atoms with Gasteiger partial charge in [0.15, 0.2) is 5.58 Å². The highest BCUT2D eigenvalue weighted by Gasteiger charge is 2.27. The fourth-order valence-electron chi connectivity index (χ4n) is 5.07. The Morgan fingerprint density at radius 1 is 1.00 bits per heavy atom. The van der Waals surface area contributed by atoms with Crippen LogP contribution in [0.5, 0.6) is 0 Å². The lowest BCUT2D eigenvalue weighted by molar-refractivity contribution is 0.102. The van der Waals surface area contributed by atoms with Crippen molar-refractivity contribution in [1.29, 1.82) is 0 Å². The van der Waals surface area contributed by atoms with E-state index >= 15 is 0 Å². The van der Waals surface area contributed by atoms with Gasteiger partial charge in [0.05, 0.1) is 6.04 Å². The van der Waals surface area contributed by atoms with E-state index in [1.165, 1.54) is 4.90 Å². The molecule has 1 aliphatic rings. The Morgan fingerprint density at radius 2 is 1.80 bits per heavy atom. The first-order valence-electron chi connectivity index (χ1n) is 13.1. The molecule has 2 amide bonds. The molecule has 8 heteroatoms. The van der Waals surface area contributed by atoms with Crippen LogP contribution in [0, 0.1) is 6.92 Å². The Hall–Kier alpha value is -4.95. The van der Waals surface area contributed by atoms with E-state index in [0.29, 0.717) is 36.3 Å². The highest BCUT2D eigenvalue weighted by molar-refractivity contribution is 6.05. The van der Waals surface area contributed by atoms with Gasteiger partial charge in [-0.15, -0.1) is 0 Å². The molecule has 5 aromatic rings. The number of amides is 2. The number of anilines is 1. The second-order valence-corrected chi connectivity index (χ2v) is 9.94. The van der Waals surface area contributed by atoms with Gasteiger partial charge in [0.25, 0.3) is 5.91 Å². The van der Waals surface area contributed by atoms with Gasteiger partial charge in [0.1, 0.15) is 11.8 Å². The first-order valence-corrected chi connectivity index (χ1v) is 13.1. The number of carbonyl (C=O) groups excluding carboxylic acids is 1. The molecule has 1 atom stereocenters. The van der Waals surface area contributed by atoms with Crippen LogP contribution in [0.2, 0.25) is 0 Å². The third-order valence-corrected chi connectivity index (χ3v) is 7.27. The lowest BCUT2D eigenvalue weighted by Gasteiger charge is -2.34. The van der Waals surface area contributed by atoms with Crippen molar-refractivity contribution in [1.82, 2.24) is 15.2 Å². The molecule has 0 spiro atoms. The predicted molar refractivity (Wildman–Crippen MR) is 154 cm³/mol. The summed E-state index contributed by atoms with van der Waals surface area (Å²) in [5.41, 5.74) is 8.19. The van der Waals surface area contributed by atoms with Crippen LogP contribution in [-0.2, 0) is 0 Å². The third kappa shape index (κ3) is 5.04. The molecule has 40 heavy (non-hydrogen) atoms. The van der Waals surface area contributed by atoms with Crippen molar-refractivity contribution < 1.29 is 19.1 Å². The molecular weight excluding hydrogens is 504 g/mol.